The lowest BCUT2D eigenvalue weighted by Crippen LogP contribution is -2.32. The predicted molar refractivity (Wildman–Crippen MR) is 114 cm³/mol. The van der Waals surface area contributed by atoms with Crippen molar-refractivity contribution in [2.24, 2.45) is 0 Å². The minimum Gasteiger partial charge on any atom is -0.376 e. The third kappa shape index (κ3) is 5.88. The van der Waals surface area contributed by atoms with Gasteiger partial charge < -0.3 is 40.1 Å². The van der Waals surface area contributed by atoms with E-state index in [0.29, 0.717) is 17.9 Å². The summed E-state index contributed by atoms with van der Waals surface area (Å²) >= 11 is 0. The molecular weight excluding hydrogens is 410 g/mol. The van der Waals surface area contributed by atoms with E-state index in [4.69, 9.17) is 4.74 Å². The zero-order valence-electron chi connectivity index (χ0n) is 17.5. The molecule has 0 amide bonds. The van der Waals surface area contributed by atoms with E-state index in [0.717, 1.165) is 4.90 Å². The highest BCUT2D eigenvalue weighted by molar-refractivity contribution is 5.65. The Morgan fingerprint density at radius 1 is 0.742 bits per heavy atom. The zero-order valence-corrected chi connectivity index (χ0v) is 17.5. The number of aromatic nitrogens is 3. The number of methoxy groups -OCH3 is 1. The first kappa shape index (κ1) is 24.5. The van der Waals surface area contributed by atoms with Gasteiger partial charge in [-0.1, -0.05) is 6.07 Å². The molecule has 172 valence electrons. The normalized spacial score (nSPS) is 10.8. The van der Waals surface area contributed by atoms with Crippen molar-refractivity contribution in [3.63, 3.8) is 0 Å². The summed E-state index contributed by atoms with van der Waals surface area (Å²) in [6.07, 6.45) is 0. The Bertz CT molecular complexity index is 776. The van der Waals surface area contributed by atoms with Crippen molar-refractivity contribution in [1.82, 2.24) is 15.0 Å². The molecule has 1 aromatic heterocycles. The van der Waals surface area contributed by atoms with Gasteiger partial charge in [-0.05, 0) is 25.1 Å². The number of ether oxygens (including phenoxy) is 1. The first-order chi connectivity index (χ1) is 15.1. The monoisotopic (exact) mass is 439 g/mol. The van der Waals surface area contributed by atoms with Gasteiger partial charge in [0.2, 0.25) is 17.8 Å². The molecule has 5 N–H and O–H groups in total. The summed E-state index contributed by atoms with van der Waals surface area (Å²) in [6.45, 7) is 0.0807. The van der Waals surface area contributed by atoms with E-state index in [9.17, 15) is 25.5 Å². The largest absolute Gasteiger partial charge is 0.376 e. The van der Waals surface area contributed by atoms with Gasteiger partial charge in [-0.2, -0.15) is 15.0 Å². The van der Waals surface area contributed by atoms with Crippen molar-refractivity contribution in [3.05, 3.63) is 24.3 Å². The summed E-state index contributed by atoms with van der Waals surface area (Å²) in [5.41, 5.74) is 1.14. The van der Waals surface area contributed by atoms with Crippen LogP contribution >= 0.6 is 0 Å². The number of hydrogen-bond acceptors (Lipinski definition) is 13. The molecular formula is C18H29N7O6. The van der Waals surface area contributed by atoms with Crippen molar-refractivity contribution in [3.8, 4) is 0 Å². The topological polar surface area (TPSA) is 162 Å². The summed E-state index contributed by atoms with van der Waals surface area (Å²) in [4.78, 5) is 18.3. The smallest absolute Gasteiger partial charge is 0.238 e. The molecule has 13 heteroatoms. The molecule has 1 heterocycles. The van der Waals surface area contributed by atoms with Crippen LogP contribution in [-0.4, -0.2) is 94.5 Å². The lowest BCUT2D eigenvalue weighted by molar-refractivity contribution is 0.168. The molecule has 0 aliphatic heterocycles. The molecule has 0 aliphatic carbocycles. The molecule has 0 saturated carbocycles. The molecule has 0 radical (unpaired) electrons. The highest BCUT2D eigenvalue weighted by atomic mass is 16.5. The first-order valence-electron chi connectivity index (χ1n) is 9.48. The van der Waals surface area contributed by atoms with Gasteiger partial charge >= 0.3 is 0 Å². The summed E-state index contributed by atoms with van der Waals surface area (Å²) in [6, 6.07) is 6.91. The van der Waals surface area contributed by atoms with Crippen LogP contribution in [0.5, 0.6) is 0 Å². The maximum absolute atomic E-state index is 10.1. The number of aliphatic hydroxyl groups excluding tert-OH is 5. The Morgan fingerprint density at radius 3 is 1.81 bits per heavy atom. The third-order valence-corrected chi connectivity index (χ3v) is 4.40. The van der Waals surface area contributed by atoms with Gasteiger partial charge in [-0.15, -0.1) is 0 Å². The van der Waals surface area contributed by atoms with Gasteiger partial charge in [-0.3, -0.25) is 9.80 Å². The minimum absolute atomic E-state index is 0.0285. The number of benzene rings is 1. The van der Waals surface area contributed by atoms with Gasteiger partial charge in [0.05, 0.1) is 0 Å². The van der Waals surface area contributed by atoms with Crippen molar-refractivity contribution < 1.29 is 30.3 Å². The molecule has 31 heavy (non-hydrogen) atoms. The van der Waals surface area contributed by atoms with Gasteiger partial charge in [0, 0.05) is 25.0 Å². The highest BCUT2D eigenvalue weighted by Crippen LogP contribution is 2.28. The fourth-order valence-corrected chi connectivity index (χ4v) is 2.69. The number of rotatable bonds is 13. The van der Waals surface area contributed by atoms with E-state index >= 15 is 0 Å². The number of anilines is 5. The Morgan fingerprint density at radius 2 is 1.29 bits per heavy atom. The lowest BCUT2D eigenvalue weighted by atomic mass is 10.2. The van der Waals surface area contributed by atoms with Crippen molar-refractivity contribution in [2.75, 3.05) is 73.6 Å². The molecule has 0 atom stereocenters. The summed E-state index contributed by atoms with van der Waals surface area (Å²) in [5.74, 6) is 0.0893. The number of hydrogen-bond donors (Lipinski definition) is 5. The van der Waals surface area contributed by atoms with Crippen LogP contribution in [0.3, 0.4) is 0 Å². The average Bonchev–Trinajstić information content (AvgIpc) is 2.80. The Labute approximate surface area is 180 Å². The molecule has 13 nitrogen and oxygen atoms in total. The van der Waals surface area contributed by atoms with Crippen LogP contribution < -0.4 is 19.6 Å². The second-order valence-electron chi connectivity index (χ2n) is 6.24. The fourth-order valence-electron chi connectivity index (χ4n) is 2.69. The van der Waals surface area contributed by atoms with E-state index in [1.807, 2.05) is 0 Å². The predicted octanol–water partition coefficient (Wildman–Crippen LogP) is -1.20. The number of nitrogens with zero attached hydrogens (tertiary/aromatic N) is 7. The standard InChI is InChI=1S/C18H29N7O6/c1-3-22(8-26)16-19-17(23(9-27)10-28)21-18(20-16)25(12-30)15-6-4-5-14(7-15)24(11-29)13-31-2/h4-7,26-30H,3,8-13H2,1-2H3. The maximum atomic E-state index is 10.1. The van der Waals surface area contributed by atoms with Gasteiger partial charge in [0.25, 0.3) is 0 Å². The van der Waals surface area contributed by atoms with Crippen molar-refractivity contribution >= 4 is 29.2 Å². The van der Waals surface area contributed by atoms with Gasteiger partial charge in [0.1, 0.15) is 40.4 Å². The molecule has 0 bridgehead atoms. The maximum Gasteiger partial charge on any atom is 0.238 e. The Hall–Kier alpha value is -2.81. The zero-order chi connectivity index (χ0) is 22.8. The van der Waals surface area contributed by atoms with E-state index in [1.165, 1.54) is 16.9 Å². The first-order valence-corrected chi connectivity index (χ1v) is 9.48. The third-order valence-electron chi connectivity index (χ3n) is 4.40. The average molecular weight is 439 g/mol. The van der Waals surface area contributed by atoms with Crippen LogP contribution in [0.2, 0.25) is 0 Å². The molecule has 1 aromatic carbocycles. The van der Waals surface area contributed by atoms with E-state index in [1.54, 1.807) is 36.1 Å². The van der Waals surface area contributed by atoms with E-state index < -0.39 is 20.2 Å². The van der Waals surface area contributed by atoms with E-state index in [-0.39, 0.29) is 38.0 Å². The van der Waals surface area contributed by atoms with E-state index in [2.05, 4.69) is 15.0 Å². The second-order valence-corrected chi connectivity index (χ2v) is 6.24. The van der Waals surface area contributed by atoms with Crippen LogP contribution in [0.1, 0.15) is 6.92 Å². The van der Waals surface area contributed by atoms with Gasteiger partial charge in [0.15, 0.2) is 0 Å². The lowest BCUT2D eigenvalue weighted by Gasteiger charge is -2.27. The molecule has 0 unspecified atom stereocenters. The van der Waals surface area contributed by atoms with Crippen LogP contribution in [0.25, 0.3) is 0 Å². The Balaban J connectivity index is 2.55. The molecule has 0 aliphatic rings. The van der Waals surface area contributed by atoms with Gasteiger partial charge in [-0.25, -0.2) is 0 Å². The quantitative estimate of drug-likeness (QED) is 0.237. The SMILES string of the molecule is CCN(CO)c1nc(N(CO)CO)nc(N(CO)c2cccc(N(CO)COC)c2)n1. The summed E-state index contributed by atoms with van der Waals surface area (Å²) in [7, 11) is 1.51. The second kappa shape index (κ2) is 12.1. The van der Waals surface area contributed by atoms with Crippen LogP contribution in [0, 0.1) is 0 Å². The molecule has 2 rings (SSSR count). The molecule has 0 fully saturated rings. The molecule has 0 spiro atoms. The molecule has 2 aromatic rings. The summed E-state index contributed by atoms with van der Waals surface area (Å²) < 4.78 is 5.08. The van der Waals surface area contributed by atoms with Crippen LogP contribution in [-0.2, 0) is 4.74 Å². The van der Waals surface area contributed by atoms with Crippen LogP contribution in [0.4, 0.5) is 29.2 Å². The van der Waals surface area contributed by atoms with Crippen molar-refractivity contribution in [2.45, 2.75) is 6.92 Å². The Kier molecular flexibility index (Phi) is 9.58. The summed E-state index contributed by atoms with van der Waals surface area (Å²) in [5, 5.41) is 48.3. The molecule has 0 saturated heterocycles. The number of aliphatic hydroxyl groups is 5. The highest BCUT2D eigenvalue weighted by Gasteiger charge is 2.20. The minimum atomic E-state index is -0.554. The van der Waals surface area contributed by atoms with Crippen molar-refractivity contribution in [1.29, 1.82) is 0 Å². The fraction of sp³-hybridized carbons (Fsp3) is 0.500. The van der Waals surface area contributed by atoms with Crippen LogP contribution in [0.15, 0.2) is 24.3 Å².